The van der Waals surface area contributed by atoms with E-state index in [1.54, 1.807) is 5.38 Å². The largest absolute Gasteiger partial charge is 0.347 e. The van der Waals surface area contributed by atoms with Crippen molar-refractivity contribution in [2.24, 2.45) is 0 Å². The van der Waals surface area contributed by atoms with E-state index in [4.69, 9.17) is 11.6 Å². The average molecular weight is 334 g/mol. The zero-order valence-electron chi connectivity index (χ0n) is 11.9. The number of aromatic nitrogens is 1. The summed E-state index contributed by atoms with van der Waals surface area (Å²) in [6, 6.07) is 7.45. The van der Waals surface area contributed by atoms with Gasteiger partial charge >= 0.3 is 0 Å². The Morgan fingerprint density at radius 2 is 2.18 bits per heavy atom. The summed E-state index contributed by atoms with van der Waals surface area (Å²) in [5.41, 5.74) is 2.69. The zero-order chi connectivity index (χ0) is 15.4. The van der Waals surface area contributed by atoms with E-state index in [1.807, 2.05) is 24.3 Å². The van der Waals surface area contributed by atoms with Crippen LogP contribution >= 0.6 is 22.9 Å². The number of amides is 1. The van der Waals surface area contributed by atoms with Crippen LogP contribution in [0, 0.1) is 0 Å². The second-order valence-electron chi connectivity index (χ2n) is 5.04. The molecule has 1 aliphatic heterocycles. The van der Waals surface area contributed by atoms with E-state index in [0.29, 0.717) is 17.3 Å². The highest BCUT2D eigenvalue weighted by molar-refractivity contribution is 7.13. The van der Waals surface area contributed by atoms with E-state index in [1.165, 1.54) is 16.9 Å². The second kappa shape index (κ2) is 7.05. The Morgan fingerprint density at radius 3 is 2.91 bits per heavy atom. The number of nitrogens with one attached hydrogen (secondary N) is 2. The molecule has 1 aromatic heterocycles. The summed E-state index contributed by atoms with van der Waals surface area (Å²) in [7, 11) is 0. The molecule has 0 atom stereocenters. The molecule has 0 bridgehead atoms. The van der Waals surface area contributed by atoms with Crippen molar-refractivity contribution in [1.29, 1.82) is 0 Å². The van der Waals surface area contributed by atoms with E-state index in [9.17, 15) is 4.79 Å². The Balaban J connectivity index is 1.64. The third-order valence-electron chi connectivity index (χ3n) is 3.46. The van der Waals surface area contributed by atoms with Gasteiger partial charge in [0, 0.05) is 29.1 Å². The number of hydrogen-bond donors (Lipinski definition) is 2. The van der Waals surface area contributed by atoms with Gasteiger partial charge < -0.3 is 10.6 Å². The molecule has 2 N–H and O–H groups in total. The van der Waals surface area contributed by atoms with Crippen LogP contribution in [-0.4, -0.2) is 30.5 Å². The lowest BCUT2D eigenvalue weighted by Gasteiger charge is -2.14. The number of halogens is 1. The van der Waals surface area contributed by atoms with Gasteiger partial charge in [0.25, 0.3) is 5.91 Å². The van der Waals surface area contributed by atoms with Gasteiger partial charge in [-0.2, -0.15) is 0 Å². The molecule has 0 saturated carbocycles. The lowest BCUT2D eigenvalue weighted by atomic mass is 10.1. The standard InChI is InChI=1S/C16H16ClN3OS/c17-13-3-1-12(2-4-13)16-20-14(10-22-16)15(21)19-9-11-5-7-18-8-6-11/h1-5,10,18H,6-9H2,(H,19,21). The Morgan fingerprint density at radius 1 is 1.36 bits per heavy atom. The highest BCUT2D eigenvalue weighted by Gasteiger charge is 2.12. The Bertz CT molecular complexity index is 694. The van der Waals surface area contributed by atoms with Crippen LogP contribution in [0.4, 0.5) is 0 Å². The van der Waals surface area contributed by atoms with Gasteiger partial charge in [0.1, 0.15) is 10.7 Å². The van der Waals surface area contributed by atoms with Crippen LogP contribution in [0.5, 0.6) is 0 Å². The molecular weight excluding hydrogens is 318 g/mol. The molecular formula is C16H16ClN3OS. The number of thiazole rings is 1. The number of rotatable bonds is 4. The van der Waals surface area contributed by atoms with Crippen LogP contribution < -0.4 is 10.6 Å². The van der Waals surface area contributed by atoms with Crippen LogP contribution in [0.2, 0.25) is 5.02 Å². The summed E-state index contributed by atoms with van der Waals surface area (Å²) in [5.74, 6) is -0.129. The number of hydrogen-bond acceptors (Lipinski definition) is 4. The smallest absolute Gasteiger partial charge is 0.271 e. The van der Waals surface area contributed by atoms with Gasteiger partial charge in [0.15, 0.2) is 0 Å². The Kier molecular flexibility index (Phi) is 4.87. The van der Waals surface area contributed by atoms with Crippen molar-refractivity contribution < 1.29 is 4.79 Å². The van der Waals surface area contributed by atoms with Crippen molar-refractivity contribution in [2.75, 3.05) is 19.6 Å². The van der Waals surface area contributed by atoms with Crippen molar-refractivity contribution >= 4 is 28.8 Å². The molecule has 3 rings (SSSR count). The van der Waals surface area contributed by atoms with Gasteiger partial charge in [0.05, 0.1) is 0 Å². The third-order valence-corrected chi connectivity index (χ3v) is 4.61. The predicted octanol–water partition coefficient (Wildman–Crippen LogP) is 3.11. The minimum absolute atomic E-state index is 0.129. The molecule has 2 heterocycles. The van der Waals surface area contributed by atoms with E-state index in [2.05, 4.69) is 21.7 Å². The normalized spacial score (nSPS) is 14.5. The first-order valence-electron chi connectivity index (χ1n) is 7.10. The molecule has 0 spiro atoms. The zero-order valence-corrected chi connectivity index (χ0v) is 13.5. The molecule has 114 valence electrons. The van der Waals surface area contributed by atoms with Crippen LogP contribution in [0.15, 0.2) is 41.3 Å². The van der Waals surface area contributed by atoms with Gasteiger partial charge in [-0.15, -0.1) is 11.3 Å². The molecule has 0 aliphatic carbocycles. The maximum Gasteiger partial charge on any atom is 0.271 e. The van der Waals surface area contributed by atoms with Crippen molar-refractivity contribution in [3.05, 3.63) is 52.0 Å². The number of carbonyl (C=O) groups excluding carboxylic acids is 1. The van der Waals surface area contributed by atoms with Crippen LogP contribution in [-0.2, 0) is 0 Å². The van der Waals surface area contributed by atoms with E-state index in [0.717, 1.165) is 30.1 Å². The van der Waals surface area contributed by atoms with E-state index in [-0.39, 0.29) is 5.91 Å². The number of carbonyl (C=O) groups is 1. The SMILES string of the molecule is O=C(NCC1=CCNCC1)c1csc(-c2ccc(Cl)cc2)n1. The molecule has 2 aromatic rings. The van der Waals surface area contributed by atoms with Gasteiger partial charge in [-0.3, -0.25) is 4.79 Å². The van der Waals surface area contributed by atoms with Gasteiger partial charge in [-0.1, -0.05) is 35.4 Å². The molecule has 4 nitrogen and oxygen atoms in total. The maximum atomic E-state index is 12.2. The molecule has 1 aliphatic rings. The van der Waals surface area contributed by atoms with Crippen LogP contribution in [0.1, 0.15) is 16.9 Å². The van der Waals surface area contributed by atoms with Crippen LogP contribution in [0.3, 0.4) is 0 Å². The summed E-state index contributed by atoms with van der Waals surface area (Å²) in [6.07, 6.45) is 3.11. The van der Waals surface area contributed by atoms with Crippen molar-refractivity contribution in [2.45, 2.75) is 6.42 Å². The first-order chi connectivity index (χ1) is 10.7. The Labute approximate surface area is 138 Å². The lowest BCUT2D eigenvalue weighted by Crippen LogP contribution is -2.29. The minimum atomic E-state index is -0.129. The molecule has 1 aromatic carbocycles. The average Bonchev–Trinajstić information content (AvgIpc) is 3.04. The number of nitrogens with zero attached hydrogens (tertiary/aromatic N) is 1. The van der Waals surface area contributed by atoms with Crippen molar-refractivity contribution in [3.8, 4) is 10.6 Å². The molecule has 6 heteroatoms. The minimum Gasteiger partial charge on any atom is -0.347 e. The van der Waals surface area contributed by atoms with Gasteiger partial charge in [-0.25, -0.2) is 4.98 Å². The predicted molar refractivity (Wildman–Crippen MR) is 90.5 cm³/mol. The molecule has 0 unspecified atom stereocenters. The quantitative estimate of drug-likeness (QED) is 0.845. The van der Waals surface area contributed by atoms with Gasteiger partial charge in [-0.05, 0) is 25.1 Å². The summed E-state index contributed by atoms with van der Waals surface area (Å²) < 4.78 is 0. The fourth-order valence-electron chi connectivity index (χ4n) is 2.22. The fraction of sp³-hybridized carbons (Fsp3) is 0.250. The topological polar surface area (TPSA) is 54.0 Å². The number of benzene rings is 1. The van der Waals surface area contributed by atoms with E-state index < -0.39 is 0 Å². The van der Waals surface area contributed by atoms with E-state index >= 15 is 0 Å². The van der Waals surface area contributed by atoms with Crippen molar-refractivity contribution in [1.82, 2.24) is 15.6 Å². The summed E-state index contributed by atoms with van der Waals surface area (Å²) in [5, 5.41) is 9.48. The second-order valence-corrected chi connectivity index (χ2v) is 6.34. The molecule has 22 heavy (non-hydrogen) atoms. The van der Waals surface area contributed by atoms with Crippen LogP contribution in [0.25, 0.3) is 10.6 Å². The highest BCUT2D eigenvalue weighted by atomic mass is 35.5. The molecule has 0 radical (unpaired) electrons. The monoisotopic (exact) mass is 333 g/mol. The summed E-state index contributed by atoms with van der Waals surface area (Å²) in [4.78, 5) is 16.6. The molecule has 0 fully saturated rings. The summed E-state index contributed by atoms with van der Waals surface area (Å²) in [6.45, 7) is 2.44. The summed E-state index contributed by atoms with van der Waals surface area (Å²) >= 11 is 7.34. The van der Waals surface area contributed by atoms with Gasteiger partial charge in [0.2, 0.25) is 0 Å². The Hall–Kier alpha value is -1.69. The first kappa shape index (κ1) is 15.2. The first-order valence-corrected chi connectivity index (χ1v) is 8.36. The van der Waals surface area contributed by atoms with Crippen molar-refractivity contribution in [3.63, 3.8) is 0 Å². The molecule has 1 amide bonds. The highest BCUT2D eigenvalue weighted by Crippen LogP contribution is 2.25. The maximum absolute atomic E-state index is 12.2. The lowest BCUT2D eigenvalue weighted by molar-refractivity contribution is 0.0952. The third kappa shape index (κ3) is 3.74. The molecule has 0 saturated heterocycles. The fourth-order valence-corrected chi connectivity index (χ4v) is 3.15.